The van der Waals surface area contributed by atoms with E-state index in [0.29, 0.717) is 13.2 Å². The second-order valence-electron chi connectivity index (χ2n) is 8.06. The zero-order valence-electron chi connectivity index (χ0n) is 16.1. The van der Waals surface area contributed by atoms with Crippen LogP contribution in [0, 0.1) is 5.41 Å². The topological polar surface area (TPSA) is 71.5 Å². The van der Waals surface area contributed by atoms with Gasteiger partial charge in [0, 0.05) is 24.7 Å². The third kappa shape index (κ3) is 3.58. The van der Waals surface area contributed by atoms with E-state index in [0.717, 1.165) is 68.3 Å². The van der Waals surface area contributed by atoms with Crippen molar-refractivity contribution in [2.24, 2.45) is 5.41 Å². The number of nitrogens with zero attached hydrogens (tertiary/aromatic N) is 2. The molecule has 0 aliphatic carbocycles. The van der Waals surface area contributed by atoms with E-state index >= 15 is 0 Å². The molecule has 3 aliphatic heterocycles. The van der Waals surface area contributed by atoms with Gasteiger partial charge in [0.2, 0.25) is 0 Å². The van der Waals surface area contributed by atoms with Crippen LogP contribution >= 0.6 is 0 Å². The van der Waals surface area contributed by atoms with Crippen LogP contribution in [0.5, 0.6) is 17.2 Å². The van der Waals surface area contributed by atoms with Gasteiger partial charge >= 0.3 is 5.97 Å². The van der Waals surface area contributed by atoms with E-state index in [2.05, 4.69) is 4.90 Å². The number of hydrogen-bond acceptors (Lipinski definition) is 6. The highest BCUT2D eigenvalue weighted by atomic mass is 16.6. The number of carbonyl (C=O) groups is 1. The molecule has 1 aromatic rings. The molecule has 3 aliphatic rings. The molecule has 2 saturated heterocycles. The number of aliphatic carboxylic acids is 1. The van der Waals surface area contributed by atoms with Gasteiger partial charge in [-0.05, 0) is 50.9 Å². The Morgan fingerprint density at radius 3 is 2.52 bits per heavy atom. The van der Waals surface area contributed by atoms with Crippen LogP contribution in [-0.2, 0) is 11.3 Å². The lowest BCUT2D eigenvalue weighted by atomic mass is 9.76. The Balaban J connectivity index is 1.42. The predicted octanol–water partition coefficient (Wildman–Crippen LogP) is 1.84. The Morgan fingerprint density at radius 1 is 1.26 bits per heavy atom. The minimum Gasteiger partial charge on any atom is -0.496 e. The summed E-state index contributed by atoms with van der Waals surface area (Å²) in [5.41, 5.74) is 1.25. The highest BCUT2D eigenvalue weighted by Gasteiger charge is 2.46. The van der Waals surface area contributed by atoms with Gasteiger partial charge in [-0.1, -0.05) is 0 Å². The number of hydrogen-bond donors (Lipinski definition) is 1. The molecule has 0 aromatic heterocycles. The first-order chi connectivity index (χ1) is 13.0. The SMILES string of the molecule is COc1cc2c(cc1CN1CCC3(CC1)C[C@@H](C(=O)O)N(C)C3)OCCO2. The van der Waals surface area contributed by atoms with Crippen molar-refractivity contribution in [1.29, 1.82) is 0 Å². The lowest BCUT2D eigenvalue weighted by molar-refractivity contribution is -0.141. The van der Waals surface area contributed by atoms with Crippen molar-refractivity contribution in [2.45, 2.75) is 31.8 Å². The fourth-order valence-electron chi connectivity index (χ4n) is 4.76. The number of fused-ring (bicyclic) bond motifs is 1. The second-order valence-corrected chi connectivity index (χ2v) is 8.06. The van der Waals surface area contributed by atoms with Crippen molar-refractivity contribution in [3.8, 4) is 17.2 Å². The first-order valence-electron chi connectivity index (χ1n) is 9.62. The normalized spacial score (nSPS) is 24.9. The fourth-order valence-corrected chi connectivity index (χ4v) is 4.76. The molecule has 27 heavy (non-hydrogen) atoms. The summed E-state index contributed by atoms with van der Waals surface area (Å²) in [4.78, 5) is 15.9. The molecule has 4 rings (SSSR count). The molecule has 1 spiro atoms. The van der Waals surface area contributed by atoms with Crippen molar-refractivity contribution in [3.05, 3.63) is 17.7 Å². The van der Waals surface area contributed by atoms with Crippen molar-refractivity contribution < 1.29 is 24.1 Å². The molecule has 0 bridgehead atoms. The summed E-state index contributed by atoms with van der Waals surface area (Å²) in [5.74, 6) is 1.66. The third-order valence-electron chi connectivity index (χ3n) is 6.28. The van der Waals surface area contributed by atoms with E-state index in [1.54, 1.807) is 7.11 Å². The van der Waals surface area contributed by atoms with Crippen LogP contribution in [0.1, 0.15) is 24.8 Å². The van der Waals surface area contributed by atoms with Gasteiger partial charge in [0.25, 0.3) is 0 Å². The van der Waals surface area contributed by atoms with Crippen molar-refractivity contribution in [3.63, 3.8) is 0 Å². The van der Waals surface area contributed by atoms with Crippen LogP contribution in [0.15, 0.2) is 12.1 Å². The summed E-state index contributed by atoms with van der Waals surface area (Å²) in [6.07, 6.45) is 2.84. The van der Waals surface area contributed by atoms with E-state index in [1.807, 2.05) is 24.1 Å². The number of benzene rings is 1. The summed E-state index contributed by atoms with van der Waals surface area (Å²) in [7, 11) is 3.61. The summed E-state index contributed by atoms with van der Waals surface area (Å²) >= 11 is 0. The summed E-state index contributed by atoms with van der Waals surface area (Å²) in [6.45, 7) is 4.76. The fraction of sp³-hybridized carbons (Fsp3) is 0.650. The number of likely N-dealkylation sites (tertiary alicyclic amines) is 2. The predicted molar refractivity (Wildman–Crippen MR) is 99.6 cm³/mol. The van der Waals surface area contributed by atoms with Crippen LogP contribution in [0.4, 0.5) is 0 Å². The quantitative estimate of drug-likeness (QED) is 0.860. The average Bonchev–Trinajstić information content (AvgIpc) is 2.99. The number of carboxylic acid groups (broad SMARTS) is 1. The van der Waals surface area contributed by atoms with Gasteiger partial charge in [0.05, 0.1) is 7.11 Å². The Hall–Kier alpha value is -1.99. The minimum atomic E-state index is -0.696. The van der Waals surface area contributed by atoms with Gasteiger partial charge < -0.3 is 19.3 Å². The largest absolute Gasteiger partial charge is 0.496 e. The number of ether oxygens (including phenoxy) is 3. The molecule has 0 unspecified atom stereocenters. The van der Waals surface area contributed by atoms with E-state index in [4.69, 9.17) is 14.2 Å². The standard InChI is InChI=1S/C20H28N2O5/c1-21-13-20(11-15(21)19(23)24)3-5-22(6-4-20)12-14-9-17-18(10-16(14)25-2)27-8-7-26-17/h9-10,15H,3-8,11-13H2,1-2H3,(H,23,24)/t15-/m0/s1. The zero-order chi connectivity index (χ0) is 19.0. The van der Waals surface area contributed by atoms with Gasteiger partial charge in [-0.3, -0.25) is 14.6 Å². The van der Waals surface area contributed by atoms with Crippen molar-refractivity contribution in [1.82, 2.24) is 9.80 Å². The highest BCUT2D eigenvalue weighted by Crippen LogP contribution is 2.44. The monoisotopic (exact) mass is 376 g/mol. The van der Waals surface area contributed by atoms with Gasteiger partial charge in [-0.2, -0.15) is 0 Å². The first kappa shape index (κ1) is 18.4. The number of likely N-dealkylation sites (N-methyl/N-ethyl adjacent to an activating group) is 1. The highest BCUT2D eigenvalue weighted by molar-refractivity contribution is 5.74. The summed E-state index contributed by atoms with van der Waals surface area (Å²) < 4.78 is 16.9. The molecule has 148 valence electrons. The Bertz CT molecular complexity index is 715. The molecule has 1 aromatic carbocycles. The lowest BCUT2D eigenvalue weighted by Gasteiger charge is -2.39. The molecule has 0 radical (unpaired) electrons. The number of rotatable bonds is 4. The van der Waals surface area contributed by atoms with E-state index in [1.165, 1.54) is 0 Å². The molecule has 2 fully saturated rings. The van der Waals surface area contributed by atoms with Crippen LogP contribution in [0.3, 0.4) is 0 Å². The number of piperidine rings is 1. The lowest BCUT2D eigenvalue weighted by Crippen LogP contribution is -2.40. The molecular weight excluding hydrogens is 348 g/mol. The number of methoxy groups -OCH3 is 1. The maximum atomic E-state index is 11.4. The number of carboxylic acids is 1. The first-order valence-corrected chi connectivity index (χ1v) is 9.62. The van der Waals surface area contributed by atoms with Crippen molar-refractivity contribution in [2.75, 3.05) is 47.0 Å². The Labute approximate surface area is 159 Å². The van der Waals surface area contributed by atoms with Gasteiger partial charge in [-0.25, -0.2) is 0 Å². The molecule has 7 heteroatoms. The van der Waals surface area contributed by atoms with Crippen LogP contribution < -0.4 is 14.2 Å². The van der Waals surface area contributed by atoms with Crippen LogP contribution in [0.25, 0.3) is 0 Å². The molecule has 3 heterocycles. The van der Waals surface area contributed by atoms with E-state index in [9.17, 15) is 9.90 Å². The maximum Gasteiger partial charge on any atom is 0.320 e. The molecule has 1 N–H and O–H groups in total. The van der Waals surface area contributed by atoms with Crippen LogP contribution in [0.2, 0.25) is 0 Å². The van der Waals surface area contributed by atoms with Gasteiger partial charge in [0.1, 0.15) is 25.0 Å². The molecule has 0 saturated carbocycles. The van der Waals surface area contributed by atoms with Crippen molar-refractivity contribution >= 4 is 5.97 Å². The smallest absolute Gasteiger partial charge is 0.320 e. The average molecular weight is 376 g/mol. The summed E-state index contributed by atoms with van der Waals surface area (Å²) in [5, 5.41) is 9.41. The summed E-state index contributed by atoms with van der Waals surface area (Å²) in [6, 6.07) is 3.61. The maximum absolute atomic E-state index is 11.4. The molecular formula is C20H28N2O5. The van der Waals surface area contributed by atoms with E-state index < -0.39 is 5.97 Å². The zero-order valence-corrected chi connectivity index (χ0v) is 16.1. The second kappa shape index (κ2) is 7.20. The van der Waals surface area contributed by atoms with Gasteiger partial charge in [-0.15, -0.1) is 0 Å². The molecule has 1 atom stereocenters. The van der Waals surface area contributed by atoms with Gasteiger partial charge in [0.15, 0.2) is 11.5 Å². The molecule has 0 amide bonds. The third-order valence-corrected chi connectivity index (χ3v) is 6.28. The molecule has 7 nitrogen and oxygen atoms in total. The van der Waals surface area contributed by atoms with Crippen LogP contribution in [-0.4, -0.2) is 73.9 Å². The Kier molecular flexibility index (Phi) is 4.90. The minimum absolute atomic E-state index is 0.144. The van der Waals surface area contributed by atoms with E-state index in [-0.39, 0.29) is 11.5 Å². The Morgan fingerprint density at radius 2 is 1.93 bits per heavy atom.